The van der Waals surface area contributed by atoms with E-state index >= 15 is 0 Å². The van der Waals surface area contributed by atoms with E-state index < -0.39 is 5.82 Å². The number of fused-ring (bicyclic) bond motifs is 3. The molecule has 0 amide bonds. The number of aromatic nitrogens is 1. The number of nitriles is 1. The lowest BCUT2D eigenvalue weighted by atomic mass is 9.58. The first-order valence-electron chi connectivity index (χ1n) is 8.13. The number of nitrogens with one attached hydrogen (secondary N) is 1. The van der Waals surface area contributed by atoms with E-state index in [4.69, 9.17) is 21.6 Å². The average Bonchev–Trinajstić information content (AvgIpc) is 2.61. The van der Waals surface area contributed by atoms with Gasteiger partial charge < -0.3 is 10.1 Å². The van der Waals surface area contributed by atoms with Crippen LogP contribution in [0.3, 0.4) is 0 Å². The van der Waals surface area contributed by atoms with Crippen molar-refractivity contribution in [2.45, 2.75) is 25.7 Å². The number of methoxy groups -OCH3 is 1. The van der Waals surface area contributed by atoms with Crippen molar-refractivity contribution in [1.82, 2.24) is 4.98 Å². The normalized spacial score (nSPS) is 28.2. The zero-order valence-corrected chi connectivity index (χ0v) is 14.1. The standard InChI is InChI=1S/C17H19ClFN3O2/c1-24-17(23)14-10-4-2-9(3-5-10)12(14)8-21-16-13(19)6-11(7-20)15(18)22-16/h6,9-10,12,14H,2-5,8H2,1H3,(H,21,22). The van der Waals surface area contributed by atoms with Gasteiger partial charge in [-0.15, -0.1) is 0 Å². The van der Waals surface area contributed by atoms with E-state index in [1.165, 1.54) is 7.11 Å². The Kier molecular flexibility index (Phi) is 4.91. The molecule has 0 saturated heterocycles. The van der Waals surface area contributed by atoms with Crippen molar-refractivity contribution < 1.29 is 13.9 Å². The first kappa shape index (κ1) is 17.0. The molecule has 7 heteroatoms. The summed E-state index contributed by atoms with van der Waals surface area (Å²) in [6.45, 7) is 0.438. The smallest absolute Gasteiger partial charge is 0.309 e. The molecule has 3 saturated carbocycles. The van der Waals surface area contributed by atoms with Crippen LogP contribution in [-0.2, 0) is 9.53 Å². The minimum atomic E-state index is -0.619. The Morgan fingerprint density at radius 3 is 2.75 bits per heavy atom. The van der Waals surface area contributed by atoms with E-state index in [9.17, 15) is 9.18 Å². The maximum absolute atomic E-state index is 14.1. The van der Waals surface area contributed by atoms with Gasteiger partial charge in [0.2, 0.25) is 0 Å². The molecule has 5 nitrogen and oxygen atoms in total. The molecule has 1 aromatic rings. The summed E-state index contributed by atoms with van der Waals surface area (Å²) in [5, 5.41) is 11.8. The fraction of sp³-hybridized carbons (Fsp3) is 0.588. The van der Waals surface area contributed by atoms with E-state index in [1.807, 2.05) is 0 Å². The lowest BCUT2D eigenvalue weighted by molar-refractivity contribution is -0.155. The van der Waals surface area contributed by atoms with E-state index in [0.29, 0.717) is 18.4 Å². The molecule has 1 heterocycles. The number of nitrogens with zero attached hydrogens (tertiary/aromatic N) is 2. The highest BCUT2D eigenvalue weighted by Crippen LogP contribution is 2.49. The Hall–Kier alpha value is -1.87. The fourth-order valence-corrected chi connectivity index (χ4v) is 4.44. The summed E-state index contributed by atoms with van der Waals surface area (Å²) in [7, 11) is 1.41. The molecule has 0 aliphatic heterocycles. The Morgan fingerprint density at radius 2 is 2.12 bits per heavy atom. The van der Waals surface area contributed by atoms with Crippen molar-refractivity contribution in [3.8, 4) is 6.07 Å². The van der Waals surface area contributed by atoms with Crippen LogP contribution < -0.4 is 5.32 Å². The highest BCUT2D eigenvalue weighted by molar-refractivity contribution is 6.30. The quantitative estimate of drug-likeness (QED) is 0.664. The zero-order valence-electron chi connectivity index (χ0n) is 13.4. The van der Waals surface area contributed by atoms with Gasteiger partial charge in [0.05, 0.1) is 18.6 Å². The van der Waals surface area contributed by atoms with Crippen molar-refractivity contribution in [2.24, 2.45) is 23.7 Å². The topological polar surface area (TPSA) is 75.0 Å². The summed E-state index contributed by atoms with van der Waals surface area (Å²) in [5.41, 5.74) is 0.00359. The number of esters is 1. The minimum absolute atomic E-state index is 0.00359. The molecule has 1 aromatic heterocycles. The fourth-order valence-electron chi connectivity index (χ4n) is 4.26. The van der Waals surface area contributed by atoms with Gasteiger partial charge in [0.25, 0.3) is 0 Å². The third kappa shape index (κ3) is 3.05. The van der Waals surface area contributed by atoms with E-state index in [0.717, 1.165) is 31.7 Å². The molecule has 128 valence electrons. The minimum Gasteiger partial charge on any atom is -0.469 e. The number of pyridine rings is 1. The first-order valence-corrected chi connectivity index (χ1v) is 8.50. The monoisotopic (exact) mass is 351 g/mol. The maximum atomic E-state index is 14.1. The number of hydrogen-bond acceptors (Lipinski definition) is 5. The number of carbonyl (C=O) groups excluding carboxylic acids is 1. The van der Waals surface area contributed by atoms with E-state index in [1.54, 1.807) is 6.07 Å². The van der Waals surface area contributed by atoms with E-state index in [-0.39, 0.29) is 34.3 Å². The van der Waals surface area contributed by atoms with Crippen LogP contribution in [0.1, 0.15) is 31.2 Å². The number of halogens is 2. The second-order valence-corrected chi connectivity index (χ2v) is 6.90. The molecule has 0 spiro atoms. The summed E-state index contributed by atoms with van der Waals surface area (Å²) >= 11 is 5.87. The molecule has 24 heavy (non-hydrogen) atoms. The lowest BCUT2D eigenvalue weighted by Crippen LogP contribution is -2.47. The second-order valence-electron chi connectivity index (χ2n) is 6.54. The van der Waals surface area contributed by atoms with Crippen LogP contribution in [0.4, 0.5) is 10.2 Å². The van der Waals surface area contributed by atoms with Crippen molar-refractivity contribution in [1.29, 1.82) is 5.26 Å². The number of anilines is 1. The third-order valence-corrected chi connectivity index (χ3v) is 5.71. The van der Waals surface area contributed by atoms with Crippen molar-refractivity contribution in [3.05, 3.63) is 22.6 Å². The molecule has 1 N–H and O–H groups in total. The molecule has 2 unspecified atom stereocenters. The third-order valence-electron chi connectivity index (χ3n) is 5.42. The van der Waals surface area contributed by atoms with Gasteiger partial charge in [-0.05, 0) is 49.5 Å². The second kappa shape index (κ2) is 6.94. The van der Waals surface area contributed by atoms with Crippen LogP contribution in [0.5, 0.6) is 0 Å². The molecule has 0 radical (unpaired) electrons. The Bertz CT molecular complexity index is 683. The molecular weight excluding hydrogens is 333 g/mol. The molecule has 2 atom stereocenters. The molecule has 3 aliphatic rings. The molecule has 3 aliphatic carbocycles. The van der Waals surface area contributed by atoms with Crippen molar-refractivity contribution >= 4 is 23.4 Å². The highest BCUT2D eigenvalue weighted by Gasteiger charge is 2.47. The predicted molar refractivity (Wildman–Crippen MR) is 86.9 cm³/mol. The van der Waals surface area contributed by atoms with Crippen LogP contribution >= 0.6 is 11.6 Å². The van der Waals surface area contributed by atoms with Gasteiger partial charge in [-0.25, -0.2) is 9.37 Å². The van der Waals surface area contributed by atoms with Gasteiger partial charge in [0.1, 0.15) is 11.2 Å². The van der Waals surface area contributed by atoms with Crippen LogP contribution in [0.15, 0.2) is 6.07 Å². The number of hydrogen-bond donors (Lipinski definition) is 1. The van der Waals surface area contributed by atoms with Crippen LogP contribution in [0.2, 0.25) is 5.15 Å². The predicted octanol–water partition coefficient (Wildman–Crippen LogP) is 3.38. The summed E-state index contributed by atoms with van der Waals surface area (Å²) in [4.78, 5) is 16.1. The molecule has 0 aromatic carbocycles. The Labute approximate surface area is 145 Å². The van der Waals surface area contributed by atoms with E-state index in [2.05, 4.69) is 10.3 Å². The lowest BCUT2D eigenvalue weighted by Gasteiger charge is -2.47. The van der Waals surface area contributed by atoms with Crippen molar-refractivity contribution in [2.75, 3.05) is 19.0 Å². The van der Waals surface area contributed by atoms with Gasteiger partial charge in [0.15, 0.2) is 11.6 Å². The van der Waals surface area contributed by atoms with Gasteiger partial charge in [-0.3, -0.25) is 4.79 Å². The molecule has 4 rings (SSSR count). The molecule has 2 bridgehead atoms. The van der Waals surface area contributed by atoms with Crippen molar-refractivity contribution in [3.63, 3.8) is 0 Å². The SMILES string of the molecule is COC(=O)C1C2CCC(CC2)C1CNc1nc(Cl)c(C#N)cc1F. The largest absolute Gasteiger partial charge is 0.469 e. The maximum Gasteiger partial charge on any atom is 0.309 e. The average molecular weight is 352 g/mol. The summed E-state index contributed by atoms with van der Waals surface area (Å²) in [6.07, 6.45) is 4.29. The highest BCUT2D eigenvalue weighted by atomic mass is 35.5. The zero-order chi connectivity index (χ0) is 17.3. The molecular formula is C17H19ClFN3O2. The number of rotatable bonds is 4. The number of carbonyl (C=O) groups is 1. The van der Waals surface area contributed by atoms with Gasteiger partial charge in [-0.2, -0.15) is 5.26 Å². The van der Waals surface area contributed by atoms with Crippen LogP contribution in [-0.4, -0.2) is 24.6 Å². The first-order chi connectivity index (χ1) is 11.5. The summed E-state index contributed by atoms with van der Waals surface area (Å²) in [6, 6.07) is 2.87. The number of ether oxygens (including phenoxy) is 1. The van der Waals surface area contributed by atoms with Crippen LogP contribution in [0.25, 0.3) is 0 Å². The summed E-state index contributed by atoms with van der Waals surface area (Å²) < 4.78 is 19.0. The summed E-state index contributed by atoms with van der Waals surface area (Å²) in [5.74, 6) is -0.0503. The van der Waals surface area contributed by atoms with Gasteiger partial charge in [-0.1, -0.05) is 11.6 Å². The molecule has 3 fully saturated rings. The Morgan fingerprint density at radius 1 is 1.46 bits per heavy atom. The Balaban J connectivity index is 1.76. The van der Waals surface area contributed by atoms with Gasteiger partial charge in [0, 0.05) is 6.54 Å². The van der Waals surface area contributed by atoms with Crippen LogP contribution in [0, 0.1) is 40.8 Å². The van der Waals surface area contributed by atoms with Gasteiger partial charge >= 0.3 is 5.97 Å².